The van der Waals surface area contributed by atoms with Crippen molar-refractivity contribution in [1.82, 2.24) is 20.2 Å². The Balaban J connectivity index is 1.59. The summed E-state index contributed by atoms with van der Waals surface area (Å²) < 4.78 is 29.2. The SMILES string of the molecule is CS(=O)(=O)c1ccc(C2=NCN(N3CCOCC3)C(Nc3ccc4[nH]ncc4c3)=C2C(=O)O)cc1. The van der Waals surface area contributed by atoms with E-state index in [4.69, 9.17) is 4.74 Å². The van der Waals surface area contributed by atoms with Gasteiger partial charge in [-0.25, -0.2) is 18.2 Å². The van der Waals surface area contributed by atoms with E-state index in [-0.39, 0.29) is 22.8 Å². The van der Waals surface area contributed by atoms with Gasteiger partial charge in [-0.3, -0.25) is 15.1 Å². The molecule has 0 amide bonds. The van der Waals surface area contributed by atoms with Gasteiger partial charge in [-0.2, -0.15) is 5.10 Å². The van der Waals surface area contributed by atoms with Crippen molar-refractivity contribution in [2.24, 2.45) is 4.99 Å². The number of hydrogen-bond donors (Lipinski definition) is 3. The summed E-state index contributed by atoms with van der Waals surface area (Å²) in [5.74, 6) is -0.778. The predicted octanol–water partition coefficient (Wildman–Crippen LogP) is 1.68. The summed E-state index contributed by atoms with van der Waals surface area (Å²) in [5, 5.41) is 25.3. The highest BCUT2D eigenvalue weighted by molar-refractivity contribution is 7.90. The number of aromatic amines is 1. The van der Waals surface area contributed by atoms with E-state index in [1.54, 1.807) is 18.3 Å². The number of hydrazine groups is 1. The molecular weight excluding hydrogens is 472 g/mol. The summed E-state index contributed by atoms with van der Waals surface area (Å²) in [5.41, 5.74) is 2.33. The molecule has 0 saturated carbocycles. The number of carbonyl (C=O) groups is 1. The molecule has 12 heteroatoms. The zero-order valence-corrected chi connectivity index (χ0v) is 19.7. The number of rotatable bonds is 6. The standard InChI is InChI=1S/C23H24N6O5S/c1-35(32,33)18-5-2-15(3-6-18)21-20(23(30)31)22(29(14-24-21)28-8-10-34-11-9-28)26-17-4-7-19-16(12-17)13-25-27-19/h2-7,12-13,26H,8-11,14H2,1H3,(H,25,27)(H,30,31). The lowest BCUT2D eigenvalue weighted by Gasteiger charge is -2.41. The second kappa shape index (κ2) is 9.13. The Hall–Kier alpha value is -3.74. The van der Waals surface area contributed by atoms with Crippen LogP contribution < -0.4 is 5.32 Å². The lowest BCUT2D eigenvalue weighted by atomic mass is 10.0. The zero-order chi connectivity index (χ0) is 24.6. The van der Waals surface area contributed by atoms with E-state index < -0.39 is 15.8 Å². The van der Waals surface area contributed by atoms with E-state index in [1.807, 2.05) is 28.2 Å². The number of nitrogens with one attached hydrogen (secondary N) is 2. The van der Waals surface area contributed by atoms with Gasteiger partial charge in [0.05, 0.1) is 35.5 Å². The minimum Gasteiger partial charge on any atom is -0.477 e. The lowest BCUT2D eigenvalue weighted by molar-refractivity contribution is -0.132. The molecule has 5 rings (SSSR count). The first-order chi connectivity index (χ1) is 16.8. The van der Waals surface area contributed by atoms with Crippen LogP contribution in [0, 0.1) is 0 Å². The van der Waals surface area contributed by atoms with Crippen molar-refractivity contribution < 1.29 is 23.1 Å². The molecule has 3 heterocycles. The zero-order valence-electron chi connectivity index (χ0n) is 18.9. The van der Waals surface area contributed by atoms with Gasteiger partial charge in [0.25, 0.3) is 0 Å². The summed E-state index contributed by atoms with van der Waals surface area (Å²) in [6, 6.07) is 11.7. The first-order valence-electron chi connectivity index (χ1n) is 10.9. The normalized spacial score (nSPS) is 17.5. The molecule has 3 aromatic rings. The summed E-state index contributed by atoms with van der Waals surface area (Å²) in [6.45, 7) is 2.42. The topological polar surface area (TPSA) is 140 Å². The Morgan fingerprint density at radius 2 is 1.89 bits per heavy atom. The number of H-pyrrole nitrogens is 1. The van der Waals surface area contributed by atoms with Gasteiger partial charge in [0.15, 0.2) is 9.84 Å². The highest BCUT2D eigenvalue weighted by atomic mass is 32.2. The van der Waals surface area contributed by atoms with Crippen molar-refractivity contribution in [3.63, 3.8) is 0 Å². The van der Waals surface area contributed by atoms with E-state index in [2.05, 4.69) is 20.5 Å². The van der Waals surface area contributed by atoms with Crippen LogP contribution in [0.25, 0.3) is 10.9 Å². The van der Waals surface area contributed by atoms with Gasteiger partial charge in [-0.1, -0.05) is 12.1 Å². The van der Waals surface area contributed by atoms with Crippen LogP contribution in [0.4, 0.5) is 5.69 Å². The average molecular weight is 497 g/mol. The van der Waals surface area contributed by atoms with Crippen molar-refractivity contribution in [3.05, 3.63) is 65.6 Å². The number of ether oxygens (including phenoxy) is 1. The van der Waals surface area contributed by atoms with Crippen molar-refractivity contribution in [3.8, 4) is 0 Å². The molecule has 35 heavy (non-hydrogen) atoms. The second-order valence-electron chi connectivity index (χ2n) is 8.24. The molecule has 0 aliphatic carbocycles. The van der Waals surface area contributed by atoms with Crippen LogP contribution in [0.1, 0.15) is 5.56 Å². The van der Waals surface area contributed by atoms with E-state index in [0.29, 0.717) is 43.4 Å². The fourth-order valence-corrected chi connectivity index (χ4v) is 4.77. The summed E-state index contributed by atoms with van der Waals surface area (Å²) >= 11 is 0. The Kier molecular flexibility index (Phi) is 6.01. The quantitative estimate of drug-likeness (QED) is 0.465. The van der Waals surface area contributed by atoms with Gasteiger partial charge >= 0.3 is 5.97 Å². The molecule has 1 aromatic heterocycles. The number of sulfone groups is 1. The molecule has 1 fully saturated rings. The number of benzene rings is 2. The number of anilines is 1. The molecule has 0 spiro atoms. The second-order valence-corrected chi connectivity index (χ2v) is 10.3. The third kappa shape index (κ3) is 4.63. The Morgan fingerprint density at radius 3 is 2.57 bits per heavy atom. The monoisotopic (exact) mass is 496 g/mol. The number of aliphatic imine (C=N–C) groups is 1. The lowest BCUT2D eigenvalue weighted by Crippen LogP contribution is -2.52. The van der Waals surface area contributed by atoms with Gasteiger partial charge in [-0.05, 0) is 30.3 Å². The van der Waals surface area contributed by atoms with Crippen LogP contribution in [0.15, 0.2) is 69.9 Å². The molecule has 2 aromatic carbocycles. The molecule has 0 radical (unpaired) electrons. The van der Waals surface area contributed by atoms with Crippen LogP contribution in [0.3, 0.4) is 0 Å². The van der Waals surface area contributed by atoms with Crippen LogP contribution in [-0.2, 0) is 19.4 Å². The maximum absolute atomic E-state index is 12.6. The first-order valence-corrected chi connectivity index (χ1v) is 12.8. The number of hydrogen-bond acceptors (Lipinski definition) is 9. The Bertz CT molecular complexity index is 1440. The number of nitrogens with zero attached hydrogens (tertiary/aromatic N) is 4. The molecule has 2 aliphatic heterocycles. The molecule has 0 atom stereocenters. The molecule has 1 saturated heterocycles. The van der Waals surface area contributed by atoms with Crippen LogP contribution in [0.2, 0.25) is 0 Å². The minimum absolute atomic E-state index is 0.0119. The molecular formula is C23H24N6O5S. The number of aromatic nitrogens is 2. The van der Waals surface area contributed by atoms with E-state index in [0.717, 1.165) is 17.2 Å². The average Bonchev–Trinajstić information content (AvgIpc) is 3.32. The number of aliphatic carboxylic acids is 1. The van der Waals surface area contributed by atoms with Crippen LogP contribution >= 0.6 is 0 Å². The molecule has 182 valence electrons. The largest absolute Gasteiger partial charge is 0.477 e. The number of carboxylic acid groups (broad SMARTS) is 1. The predicted molar refractivity (Wildman–Crippen MR) is 130 cm³/mol. The third-order valence-electron chi connectivity index (χ3n) is 5.90. The fourth-order valence-electron chi connectivity index (χ4n) is 4.14. The van der Waals surface area contributed by atoms with E-state index in [9.17, 15) is 18.3 Å². The first kappa shape index (κ1) is 23.0. The number of fused-ring (bicyclic) bond motifs is 1. The summed E-state index contributed by atoms with van der Waals surface area (Å²) in [7, 11) is -3.38. The van der Waals surface area contributed by atoms with Gasteiger partial charge < -0.3 is 15.2 Å². The van der Waals surface area contributed by atoms with Crippen molar-refractivity contribution in [1.29, 1.82) is 0 Å². The summed E-state index contributed by atoms with van der Waals surface area (Å²) in [6.07, 6.45) is 2.83. The third-order valence-corrected chi connectivity index (χ3v) is 7.02. The van der Waals surface area contributed by atoms with Crippen LogP contribution in [-0.4, -0.2) is 84.6 Å². The molecule has 11 nitrogen and oxygen atoms in total. The summed E-state index contributed by atoms with van der Waals surface area (Å²) in [4.78, 5) is 17.4. The fraction of sp³-hybridized carbons (Fsp3) is 0.261. The van der Waals surface area contributed by atoms with Gasteiger partial charge in [0.1, 0.15) is 18.1 Å². The van der Waals surface area contributed by atoms with Gasteiger partial charge in [-0.15, -0.1) is 0 Å². The Morgan fingerprint density at radius 1 is 1.14 bits per heavy atom. The number of morpholine rings is 1. The van der Waals surface area contributed by atoms with Crippen molar-refractivity contribution in [2.45, 2.75) is 4.90 Å². The Labute approximate surface area is 201 Å². The highest BCUT2D eigenvalue weighted by Crippen LogP contribution is 2.28. The van der Waals surface area contributed by atoms with E-state index >= 15 is 0 Å². The van der Waals surface area contributed by atoms with Crippen molar-refractivity contribution in [2.75, 3.05) is 44.5 Å². The smallest absolute Gasteiger partial charge is 0.341 e. The maximum atomic E-state index is 12.6. The van der Waals surface area contributed by atoms with Crippen LogP contribution in [0.5, 0.6) is 0 Å². The molecule has 3 N–H and O–H groups in total. The molecule has 0 unspecified atom stereocenters. The minimum atomic E-state index is -3.38. The van der Waals surface area contributed by atoms with E-state index in [1.165, 1.54) is 12.1 Å². The van der Waals surface area contributed by atoms with Gasteiger partial charge in [0.2, 0.25) is 0 Å². The highest BCUT2D eigenvalue weighted by Gasteiger charge is 2.33. The maximum Gasteiger partial charge on any atom is 0.341 e. The molecule has 2 aliphatic rings. The molecule has 0 bridgehead atoms. The van der Waals surface area contributed by atoms with Crippen molar-refractivity contribution >= 4 is 38.1 Å². The van der Waals surface area contributed by atoms with Gasteiger partial charge in [0, 0.05) is 36.0 Å². The number of carboxylic acids is 1.